The van der Waals surface area contributed by atoms with Crippen LogP contribution in [0.2, 0.25) is 0 Å². The number of aryl methyl sites for hydroxylation is 1. The van der Waals surface area contributed by atoms with Crippen LogP contribution in [0.3, 0.4) is 0 Å². The van der Waals surface area contributed by atoms with E-state index in [1.54, 1.807) is 18.4 Å². The van der Waals surface area contributed by atoms with Crippen molar-refractivity contribution in [2.24, 2.45) is 0 Å². The highest BCUT2D eigenvalue weighted by Gasteiger charge is 2.32. The maximum absolute atomic E-state index is 12.9. The fourth-order valence-electron chi connectivity index (χ4n) is 2.13. The molecule has 0 bridgehead atoms. The minimum Gasteiger partial charge on any atom is -0.309 e. The third-order valence-electron chi connectivity index (χ3n) is 3.24. The highest BCUT2D eigenvalue weighted by Crippen LogP contribution is 2.37. The SMILES string of the molecule is CCc1ccc(C(NC)c2cc(C(F)(F)F)ccc2Br)s1. The zero-order valence-electron chi connectivity index (χ0n) is 11.6. The van der Waals surface area contributed by atoms with Crippen LogP contribution in [-0.4, -0.2) is 7.05 Å². The molecule has 0 spiro atoms. The van der Waals surface area contributed by atoms with Crippen molar-refractivity contribution in [1.82, 2.24) is 5.32 Å². The van der Waals surface area contributed by atoms with Crippen molar-refractivity contribution in [1.29, 1.82) is 0 Å². The van der Waals surface area contributed by atoms with Gasteiger partial charge >= 0.3 is 6.18 Å². The van der Waals surface area contributed by atoms with Gasteiger partial charge in [0.2, 0.25) is 0 Å². The summed E-state index contributed by atoms with van der Waals surface area (Å²) in [4.78, 5) is 2.22. The zero-order valence-corrected chi connectivity index (χ0v) is 14.0. The molecule has 2 rings (SSSR count). The van der Waals surface area contributed by atoms with E-state index in [9.17, 15) is 13.2 Å². The third-order valence-corrected chi connectivity index (χ3v) is 5.26. The van der Waals surface area contributed by atoms with Crippen LogP contribution in [0.25, 0.3) is 0 Å². The first-order chi connectivity index (χ1) is 9.86. The van der Waals surface area contributed by atoms with Gasteiger partial charge < -0.3 is 5.32 Å². The Morgan fingerprint density at radius 1 is 1.24 bits per heavy atom. The lowest BCUT2D eigenvalue weighted by Crippen LogP contribution is -2.18. The summed E-state index contributed by atoms with van der Waals surface area (Å²) in [6, 6.07) is 7.48. The number of halogens is 4. The second-order valence-corrected chi connectivity index (χ2v) is 6.67. The van der Waals surface area contributed by atoms with Crippen LogP contribution in [0.15, 0.2) is 34.8 Å². The molecule has 1 unspecified atom stereocenters. The van der Waals surface area contributed by atoms with Crippen molar-refractivity contribution in [3.63, 3.8) is 0 Å². The van der Waals surface area contributed by atoms with E-state index < -0.39 is 11.7 Å². The summed E-state index contributed by atoms with van der Waals surface area (Å²) in [7, 11) is 1.75. The molecule has 2 aromatic rings. The Kier molecular flexibility index (Phi) is 5.11. The summed E-state index contributed by atoms with van der Waals surface area (Å²) in [6.45, 7) is 2.06. The van der Waals surface area contributed by atoms with E-state index in [1.165, 1.54) is 17.0 Å². The first kappa shape index (κ1) is 16.5. The number of alkyl halides is 3. The Balaban J connectivity index is 2.46. The van der Waals surface area contributed by atoms with Crippen LogP contribution in [0, 0.1) is 0 Å². The van der Waals surface area contributed by atoms with E-state index in [2.05, 4.69) is 28.2 Å². The van der Waals surface area contributed by atoms with Crippen LogP contribution < -0.4 is 5.32 Å². The lowest BCUT2D eigenvalue weighted by atomic mass is 10.0. The maximum Gasteiger partial charge on any atom is 0.416 e. The molecule has 21 heavy (non-hydrogen) atoms. The second kappa shape index (κ2) is 6.50. The van der Waals surface area contributed by atoms with Gasteiger partial charge in [-0.2, -0.15) is 13.2 Å². The Hall–Kier alpha value is -0.850. The lowest BCUT2D eigenvalue weighted by Gasteiger charge is -2.18. The van der Waals surface area contributed by atoms with Crippen molar-refractivity contribution >= 4 is 27.3 Å². The van der Waals surface area contributed by atoms with Gasteiger partial charge in [0.25, 0.3) is 0 Å². The monoisotopic (exact) mass is 377 g/mol. The highest BCUT2D eigenvalue weighted by molar-refractivity contribution is 9.10. The molecular formula is C15H15BrF3NS. The van der Waals surface area contributed by atoms with Crippen molar-refractivity contribution in [3.8, 4) is 0 Å². The standard InChI is InChI=1S/C15H15BrF3NS/c1-3-10-5-7-13(21-10)14(20-2)11-8-9(15(17,18)19)4-6-12(11)16/h4-8,14,20H,3H2,1-2H3. The molecular weight excluding hydrogens is 363 g/mol. The number of rotatable bonds is 4. The molecule has 0 saturated heterocycles. The van der Waals surface area contributed by atoms with E-state index >= 15 is 0 Å². The third kappa shape index (κ3) is 3.67. The highest BCUT2D eigenvalue weighted by atomic mass is 79.9. The van der Waals surface area contributed by atoms with Gasteiger partial charge in [0, 0.05) is 14.2 Å². The average molecular weight is 378 g/mol. The normalized spacial score (nSPS) is 13.4. The van der Waals surface area contributed by atoms with Crippen LogP contribution >= 0.6 is 27.3 Å². The van der Waals surface area contributed by atoms with E-state index in [-0.39, 0.29) is 6.04 Å². The summed E-state index contributed by atoms with van der Waals surface area (Å²) in [5, 5.41) is 3.10. The largest absolute Gasteiger partial charge is 0.416 e. The van der Waals surface area contributed by atoms with Gasteiger partial charge in [0.05, 0.1) is 11.6 Å². The maximum atomic E-state index is 12.9. The van der Waals surface area contributed by atoms with Gasteiger partial charge in [0.15, 0.2) is 0 Å². The van der Waals surface area contributed by atoms with Crippen molar-refractivity contribution in [3.05, 3.63) is 55.7 Å². The van der Waals surface area contributed by atoms with Crippen molar-refractivity contribution in [2.45, 2.75) is 25.6 Å². The Morgan fingerprint density at radius 2 is 1.95 bits per heavy atom. The molecule has 0 radical (unpaired) electrons. The predicted molar refractivity (Wildman–Crippen MR) is 83.7 cm³/mol. The summed E-state index contributed by atoms with van der Waals surface area (Å²) in [5.41, 5.74) is -0.0370. The molecule has 0 aliphatic heterocycles. The molecule has 1 nitrogen and oxygen atoms in total. The molecule has 1 N–H and O–H groups in total. The molecule has 0 aliphatic carbocycles. The molecule has 0 fully saturated rings. The minimum atomic E-state index is -4.34. The summed E-state index contributed by atoms with van der Waals surface area (Å²) < 4.78 is 39.4. The van der Waals surface area contributed by atoms with E-state index in [1.807, 2.05) is 12.1 Å². The van der Waals surface area contributed by atoms with Crippen LogP contribution in [0.5, 0.6) is 0 Å². The number of thiophene rings is 1. The molecule has 1 aromatic heterocycles. The Morgan fingerprint density at radius 3 is 2.48 bits per heavy atom. The lowest BCUT2D eigenvalue weighted by molar-refractivity contribution is -0.137. The Labute approximate surface area is 134 Å². The van der Waals surface area contributed by atoms with Gasteiger partial charge in [-0.05, 0) is 49.4 Å². The van der Waals surface area contributed by atoms with Crippen molar-refractivity contribution in [2.75, 3.05) is 7.05 Å². The second-order valence-electron chi connectivity index (χ2n) is 4.61. The van der Waals surface area contributed by atoms with Gasteiger partial charge in [0.1, 0.15) is 0 Å². The van der Waals surface area contributed by atoms with Gasteiger partial charge in [-0.25, -0.2) is 0 Å². The number of hydrogen-bond donors (Lipinski definition) is 1. The summed E-state index contributed by atoms with van der Waals surface area (Å²) in [6.07, 6.45) is -3.41. The average Bonchev–Trinajstić information content (AvgIpc) is 2.89. The molecule has 0 saturated carbocycles. The van der Waals surface area contributed by atoms with Crippen LogP contribution in [-0.2, 0) is 12.6 Å². The molecule has 114 valence electrons. The van der Waals surface area contributed by atoms with Gasteiger partial charge in [-0.1, -0.05) is 22.9 Å². The topological polar surface area (TPSA) is 12.0 Å². The molecule has 0 amide bonds. The number of benzene rings is 1. The van der Waals surface area contributed by atoms with Crippen molar-refractivity contribution < 1.29 is 13.2 Å². The van der Waals surface area contributed by atoms with E-state index in [0.29, 0.717) is 10.0 Å². The number of hydrogen-bond acceptors (Lipinski definition) is 2. The van der Waals surface area contributed by atoms with Crippen LogP contribution in [0.4, 0.5) is 13.2 Å². The number of nitrogens with one attached hydrogen (secondary N) is 1. The van der Waals surface area contributed by atoms with Crippen LogP contribution in [0.1, 0.15) is 33.8 Å². The molecule has 6 heteroatoms. The summed E-state index contributed by atoms with van der Waals surface area (Å²) in [5.74, 6) is 0. The molecule has 0 aliphatic rings. The van der Waals surface area contributed by atoms with Gasteiger partial charge in [-0.15, -0.1) is 11.3 Å². The molecule has 1 aromatic carbocycles. The quantitative estimate of drug-likeness (QED) is 0.751. The fraction of sp³-hybridized carbons (Fsp3) is 0.333. The zero-order chi connectivity index (χ0) is 15.6. The van der Waals surface area contributed by atoms with E-state index in [4.69, 9.17) is 0 Å². The predicted octanol–water partition coefficient (Wildman–Crippen LogP) is 5.40. The summed E-state index contributed by atoms with van der Waals surface area (Å²) >= 11 is 4.97. The first-order valence-electron chi connectivity index (χ1n) is 6.49. The van der Waals surface area contributed by atoms with Gasteiger partial charge in [-0.3, -0.25) is 0 Å². The fourth-order valence-corrected chi connectivity index (χ4v) is 3.69. The first-order valence-corrected chi connectivity index (χ1v) is 8.10. The van der Waals surface area contributed by atoms with E-state index in [0.717, 1.165) is 17.4 Å². The molecule has 1 heterocycles. The molecule has 1 atom stereocenters. The minimum absolute atomic E-state index is 0.257. The Bertz CT molecular complexity index is 622. The smallest absolute Gasteiger partial charge is 0.309 e.